The van der Waals surface area contributed by atoms with Crippen molar-refractivity contribution >= 4 is 46.8 Å². The van der Waals surface area contributed by atoms with Gasteiger partial charge in [0.25, 0.3) is 5.91 Å². The molecule has 3 aliphatic rings. The average Bonchev–Trinajstić information content (AvgIpc) is 3.51. The van der Waals surface area contributed by atoms with Crippen molar-refractivity contribution in [3.8, 4) is 0 Å². The van der Waals surface area contributed by atoms with Crippen LogP contribution in [-0.4, -0.2) is 70.1 Å². The van der Waals surface area contributed by atoms with E-state index in [1.165, 1.54) is 0 Å². The first kappa shape index (κ1) is 26.8. The number of hydrogen-bond donors (Lipinski definition) is 1. The van der Waals surface area contributed by atoms with Gasteiger partial charge < -0.3 is 19.6 Å². The molecule has 7 nitrogen and oxygen atoms in total. The lowest BCUT2D eigenvalue weighted by Crippen LogP contribution is -2.55. The number of carbonyl (C=O) groups is 3. The van der Waals surface area contributed by atoms with Crippen molar-refractivity contribution in [2.24, 2.45) is 11.8 Å². The topological polar surface area (TPSA) is 87.2 Å². The Morgan fingerprint density at radius 3 is 2.75 bits per heavy atom. The molecule has 3 fully saturated rings. The van der Waals surface area contributed by atoms with Crippen LogP contribution in [0.15, 0.2) is 49.6 Å². The Morgan fingerprint density at radius 2 is 2.06 bits per heavy atom. The highest BCUT2D eigenvalue weighted by atomic mass is 35.5. The Hall–Kier alpha value is -2.29. The Labute approximate surface area is 221 Å². The molecule has 5 atom stereocenters. The van der Waals surface area contributed by atoms with E-state index in [9.17, 15) is 19.5 Å². The van der Waals surface area contributed by atoms with Gasteiger partial charge in [-0.15, -0.1) is 24.9 Å². The first-order chi connectivity index (χ1) is 17.4. The summed E-state index contributed by atoms with van der Waals surface area (Å²) < 4.78 is 4.86. The summed E-state index contributed by atoms with van der Waals surface area (Å²) in [6.45, 7) is 8.14. The van der Waals surface area contributed by atoms with Crippen LogP contribution in [0.1, 0.15) is 32.1 Å². The molecule has 0 saturated carbocycles. The number of ether oxygens (including phenoxy) is 1. The molecule has 1 N–H and O–H groups in total. The van der Waals surface area contributed by atoms with Crippen molar-refractivity contribution in [2.75, 3.05) is 31.2 Å². The van der Waals surface area contributed by atoms with E-state index < -0.39 is 22.6 Å². The zero-order chi connectivity index (χ0) is 25.9. The number of fused-ring (bicyclic) bond motifs is 1. The zero-order valence-corrected chi connectivity index (χ0v) is 21.9. The first-order valence-corrected chi connectivity index (χ1v) is 13.7. The fourth-order valence-electron chi connectivity index (χ4n) is 5.93. The monoisotopic (exact) mass is 532 g/mol. The van der Waals surface area contributed by atoms with E-state index in [0.29, 0.717) is 30.0 Å². The number of anilines is 1. The van der Waals surface area contributed by atoms with Crippen LogP contribution in [0, 0.1) is 11.8 Å². The summed E-state index contributed by atoms with van der Waals surface area (Å²) in [6.07, 6.45) is 6.59. The minimum Gasteiger partial charge on any atom is -0.465 e. The number of esters is 1. The molecule has 9 heteroatoms. The van der Waals surface area contributed by atoms with Gasteiger partial charge in [0.2, 0.25) is 5.91 Å². The van der Waals surface area contributed by atoms with Gasteiger partial charge in [-0.25, -0.2) is 0 Å². The highest BCUT2D eigenvalue weighted by Crippen LogP contribution is 2.66. The highest BCUT2D eigenvalue weighted by Gasteiger charge is 2.74. The summed E-state index contributed by atoms with van der Waals surface area (Å²) in [5.74, 6) is -2.02. The number of allylic oxidation sites excluding steroid dienone is 1. The van der Waals surface area contributed by atoms with Crippen molar-refractivity contribution in [1.29, 1.82) is 0 Å². The fraction of sp³-hybridized carbons (Fsp3) is 0.519. The zero-order valence-electron chi connectivity index (χ0n) is 20.3. The van der Waals surface area contributed by atoms with E-state index in [0.717, 1.165) is 12.8 Å². The van der Waals surface area contributed by atoms with Gasteiger partial charge in [0.05, 0.1) is 33.9 Å². The number of hydrogen-bond acceptors (Lipinski definition) is 6. The molecule has 3 heterocycles. The number of likely N-dealkylation sites (tertiary alicyclic amines) is 1. The normalized spacial score (nSPS) is 28.2. The van der Waals surface area contributed by atoms with Crippen LogP contribution in [0.3, 0.4) is 0 Å². The highest BCUT2D eigenvalue weighted by molar-refractivity contribution is 8.02. The van der Waals surface area contributed by atoms with Crippen LogP contribution in [0.5, 0.6) is 0 Å². The molecule has 0 aromatic heterocycles. The predicted octanol–water partition coefficient (Wildman–Crippen LogP) is 3.84. The number of aliphatic hydroxyl groups is 1. The molecule has 0 aliphatic carbocycles. The Bertz CT molecular complexity index is 1040. The van der Waals surface area contributed by atoms with E-state index in [1.54, 1.807) is 51.9 Å². The molecule has 2 amide bonds. The number of para-hydroxylation sites is 1. The summed E-state index contributed by atoms with van der Waals surface area (Å²) in [4.78, 5) is 44.5. The third-order valence-corrected chi connectivity index (χ3v) is 9.65. The molecular formula is C27H33ClN2O5S. The molecule has 2 unspecified atom stereocenters. The lowest BCUT2D eigenvalue weighted by molar-refractivity contribution is -0.154. The molecule has 2 bridgehead atoms. The summed E-state index contributed by atoms with van der Waals surface area (Å²) in [5, 5.41) is 9.88. The standard InChI is InChI=1S/C27H33ClN2O5S/c1-3-5-8-17-35-26(34)21-20-12-13-27(36-20)22(21)24(32)30(15-9-16-31)23(27)25(33)29(14-4-2)19-11-7-6-10-18(19)28/h3-4,6-7,10-11,20-23,31H,1-2,5,8-9,12-17H2/t20-,21+,22-,23?,27?/m0/s1. The van der Waals surface area contributed by atoms with Crippen molar-refractivity contribution in [1.82, 2.24) is 4.90 Å². The predicted molar refractivity (Wildman–Crippen MR) is 142 cm³/mol. The van der Waals surface area contributed by atoms with E-state index in [1.807, 2.05) is 6.07 Å². The molecule has 1 aromatic carbocycles. The molecule has 3 saturated heterocycles. The number of amides is 2. The SMILES string of the molecule is C=CCCCOC(=O)[C@@H]1[C@@H]2CCC3(S2)C(C(=O)N(CC=C)c2ccccc2Cl)N(CCCO)C(=O)[C@H]13. The van der Waals surface area contributed by atoms with E-state index in [4.69, 9.17) is 16.3 Å². The smallest absolute Gasteiger partial charge is 0.310 e. The van der Waals surface area contributed by atoms with Crippen molar-refractivity contribution in [3.05, 3.63) is 54.6 Å². The van der Waals surface area contributed by atoms with Gasteiger partial charge in [-0.2, -0.15) is 0 Å². The number of benzene rings is 1. The maximum atomic E-state index is 14.3. The number of nitrogens with zero attached hydrogens (tertiary/aromatic N) is 2. The molecule has 1 aromatic rings. The third kappa shape index (κ3) is 4.59. The van der Waals surface area contributed by atoms with Gasteiger partial charge in [0, 0.05) is 24.9 Å². The number of carbonyl (C=O) groups excluding carboxylic acids is 3. The third-order valence-electron chi connectivity index (χ3n) is 7.38. The lowest BCUT2D eigenvalue weighted by Gasteiger charge is -2.37. The van der Waals surface area contributed by atoms with Crippen LogP contribution < -0.4 is 4.90 Å². The quantitative estimate of drug-likeness (QED) is 0.250. The van der Waals surface area contributed by atoms with Crippen LogP contribution in [-0.2, 0) is 19.1 Å². The van der Waals surface area contributed by atoms with Crippen LogP contribution in [0.25, 0.3) is 0 Å². The molecule has 36 heavy (non-hydrogen) atoms. The Morgan fingerprint density at radius 1 is 1.28 bits per heavy atom. The van der Waals surface area contributed by atoms with Crippen LogP contribution >= 0.6 is 23.4 Å². The first-order valence-electron chi connectivity index (χ1n) is 12.4. The van der Waals surface area contributed by atoms with Crippen molar-refractivity contribution < 1.29 is 24.2 Å². The van der Waals surface area contributed by atoms with E-state index in [-0.39, 0.29) is 49.3 Å². The largest absolute Gasteiger partial charge is 0.465 e. The average molecular weight is 533 g/mol. The number of halogens is 1. The van der Waals surface area contributed by atoms with E-state index in [2.05, 4.69) is 13.2 Å². The molecule has 1 spiro atoms. The van der Waals surface area contributed by atoms with Gasteiger partial charge in [-0.05, 0) is 44.2 Å². The molecular weight excluding hydrogens is 500 g/mol. The molecule has 0 radical (unpaired) electrons. The number of rotatable bonds is 12. The minimum absolute atomic E-state index is 0.0608. The summed E-state index contributed by atoms with van der Waals surface area (Å²) >= 11 is 8.06. The molecule has 3 aliphatic heterocycles. The van der Waals surface area contributed by atoms with E-state index >= 15 is 0 Å². The second-order valence-corrected chi connectivity index (χ2v) is 11.5. The summed E-state index contributed by atoms with van der Waals surface area (Å²) in [5.41, 5.74) is 0.550. The Balaban J connectivity index is 1.69. The maximum Gasteiger partial charge on any atom is 0.310 e. The van der Waals surface area contributed by atoms with Gasteiger partial charge in [-0.3, -0.25) is 14.4 Å². The molecule has 4 rings (SSSR count). The maximum absolute atomic E-state index is 14.3. The second-order valence-electron chi connectivity index (χ2n) is 9.45. The summed E-state index contributed by atoms with van der Waals surface area (Å²) in [7, 11) is 0. The van der Waals surface area contributed by atoms with Gasteiger partial charge >= 0.3 is 5.97 Å². The Kier molecular flexibility index (Phi) is 8.48. The van der Waals surface area contributed by atoms with Gasteiger partial charge in [-0.1, -0.05) is 35.9 Å². The van der Waals surface area contributed by atoms with Crippen molar-refractivity contribution in [2.45, 2.75) is 48.1 Å². The number of aliphatic hydroxyl groups excluding tert-OH is 1. The van der Waals surface area contributed by atoms with Crippen LogP contribution in [0.2, 0.25) is 5.02 Å². The number of thioether (sulfide) groups is 1. The lowest BCUT2D eigenvalue weighted by atomic mass is 9.71. The van der Waals surface area contributed by atoms with Crippen LogP contribution in [0.4, 0.5) is 5.69 Å². The fourth-order valence-corrected chi connectivity index (χ4v) is 8.37. The van der Waals surface area contributed by atoms with Gasteiger partial charge in [0.1, 0.15) is 6.04 Å². The molecule has 194 valence electrons. The van der Waals surface area contributed by atoms with Gasteiger partial charge in [0.15, 0.2) is 0 Å². The summed E-state index contributed by atoms with van der Waals surface area (Å²) in [6, 6.07) is 6.33. The minimum atomic E-state index is -0.772. The second kappa shape index (κ2) is 11.4. The number of unbranched alkanes of at least 4 members (excludes halogenated alkanes) is 1. The van der Waals surface area contributed by atoms with Crippen molar-refractivity contribution in [3.63, 3.8) is 0 Å².